The minimum Gasteiger partial charge on any atom is -0.384 e. The Morgan fingerprint density at radius 3 is 2.35 bits per heavy atom. The fourth-order valence-electron chi connectivity index (χ4n) is 3.84. The Balaban J connectivity index is 1.69. The zero-order valence-electron chi connectivity index (χ0n) is 16.5. The van der Waals surface area contributed by atoms with Crippen LogP contribution in [0.4, 0.5) is 11.6 Å². The van der Waals surface area contributed by atoms with Crippen molar-refractivity contribution in [2.75, 3.05) is 23.7 Å². The summed E-state index contributed by atoms with van der Waals surface area (Å²) in [6.45, 7) is 11.2. The molecule has 0 spiro atoms. The predicted molar refractivity (Wildman–Crippen MR) is 109 cm³/mol. The second-order valence-corrected chi connectivity index (χ2v) is 8.49. The molecule has 0 unspecified atom stereocenters. The van der Waals surface area contributed by atoms with E-state index >= 15 is 0 Å². The van der Waals surface area contributed by atoms with Gasteiger partial charge < -0.3 is 10.6 Å². The van der Waals surface area contributed by atoms with Crippen LogP contribution in [0.1, 0.15) is 63.6 Å². The maximum absolute atomic E-state index is 5.82. The normalized spacial score (nSPS) is 19.6. The molecular formula is C22H32N4. The molecule has 1 fully saturated rings. The van der Waals surface area contributed by atoms with E-state index in [-0.39, 0.29) is 0 Å². The summed E-state index contributed by atoms with van der Waals surface area (Å²) in [6.07, 6.45) is 4.11. The Kier molecular flexibility index (Phi) is 5.80. The smallest absolute Gasteiger partial charge is 0.128 e. The number of nitrogen functional groups attached to an aromatic ring is 1. The molecule has 4 nitrogen and oxygen atoms in total. The van der Waals surface area contributed by atoms with Crippen LogP contribution in [0.2, 0.25) is 0 Å². The molecule has 1 saturated carbocycles. The molecule has 2 aromatic heterocycles. The highest BCUT2D eigenvalue weighted by Crippen LogP contribution is 2.47. The number of anilines is 2. The van der Waals surface area contributed by atoms with Crippen LogP contribution in [-0.4, -0.2) is 23.1 Å². The maximum atomic E-state index is 5.82. The zero-order valence-corrected chi connectivity index (χ0v) is 16.5. The zero-order chi connectivity index (χ0) is 18.7. The number of pyridine rings is 2. The molecule has 0 atom stereocenters. The Morgan fingerprint density at radius 2 is 1.73 bits per heavy atom. The molecule has 1 aliphatic rings. The van der Waals surface area contributed by atoms with Crippen molar-refractivity contribution in [3.63, 3.8) is 0 Å². The molecule has 3 rings (SSSR count). The number of nitrogens with two attached hydrogens (primary N) is 1. The lowest BCUT2D eigenvalue weighted by Crippen LogP contribution is -2.32. The molecule has 0 saturated heterocycles. The van der Waals surface area contributed by atoms with Crippen molar-refractivity contribution in [1.82, 2.24) is 9.97 Å². The van der Waals surface area contributed by atoms with Crippen molar-refractivity contribution in [2.24, 2.45) is 11.8 Å². The van der Waals surface area contributed by atoms with E-state index in [2.05, 4.69) is 61.8 Å². The van der Waals surface area contributed by atoms with Crippen LogP contribution in [0.25, 0.3) is 0 Å². The first-order valence-corrected chi connectivity index (χ1v) is 9.85. The van der Waals surface area contributed by atoms with Gasteiger partial charge in [-0.1, -0.05) is 33.8 Å². The molecule has 0 radical (unpaired) electrons. The van der Waals surface area contributed by atoms with Gasteiger partial charge in [0.1, 0.15) is 11.6 Å². The molecule has 2 N–H and O–H groups in total. The van der Waals surface area contributed by atoms with Gasteiger partial charge in [0, 0.05) is 30.9 Å². The van der Waals surface area contributed by atoms with Crippen molar-refractivity contribution in [1.29, 1.82) is 0 Å². The first-order chi connectivity index (χ1) is 12.4. The van der Waals surface area contributed by atoms with Crippen molar-refractivity contribution in [3.8, 4) is 0 Å². The summed E-state index contributed by atoms with van der Waals surface area (Å²) in [5.41, 5.74) is 8.37. The van der Waals surface area contributed by atoms with E-state index in [0.717, 1.165) is 31.7 Å². The third-order valence-corrected chi connectivity index (χ3v) is 5.08. The molecule has 0 amide bonds. The summed E-state index contributed by atoms with van der Waals surface area (Å²) >= 11 is 0. The summed E-state index contributed by atoms with van der Waals surface area (Å²) in [4.78, 5) is 11.6. The van der Waals surface area contributed by atoms with E-state index in [4.69, 9.17) is 10.7 Å². The number of hydrogen-bond donors (Lipinski definition) is 1. The van der Waals surface area contributed by atoms with Crippen LogP contribution in [0.15, 0.2) is 36.5 Å². The largest absolute Gasteiger partial charge is 0.384 e. The minimum atomic E-state index is 0.550. The topological polar surface area (TPSA) is 55.0 Å². The van der Waals surface area contributed by atoms with Gasteiger partial charge in [-0.3, -0.25) is 0 Å². The number of nitrogens with zero attached hydrogens (tertiary/aromatic N) is 3. The predicted octanol–water partition coefficient (Wildman–Crippen LogP) is 4.84. The standard InChI is InChI=1S/C22H32N4/c1-15(2)13-26(14-16(3)4)22-7-5-6-20(25-22)19-10-18(11-19)17-8-9-24-21(23)12-17/h5-9,12,15-16,18-19H,10-11,13-14H2,1-4H3,(H2,23,24). The lowest BCUT2D eigenvalue weighted by Gasteiger charge is -2.36. The number of hydrogen-bond acceptors (Lipinski definition) is 4. The highest BCUT2D eigenvalue weighted by atomic mass is 15.2. The summed E-state index contributed by atoms with van der Waals surface area (Å²) in [5, 5.41) is 0. The average Bonchev–Trinajstić information content (AvgIpc) is 2.52. The molecule has 2 heterocycles. The monoisotopic (exact) mass is 352 g/mol. The minimum absolute atomic E-state index is 0.550. The summed E-state index contributed by atoms with van der Waals surface area (Å²) < 4.78 is 0. The molecule has 2 aromatic rings. The second kappa shape index (κ2) is 8.07. The molecule has 0 bridgehead atoms. The quantitative estimate of drug-likeness (QED) is 0.775. The highest BCUT2D eigenvalue weighted by Gasteiger charge is 2.32. The van der Waals surface area contributed by atoms with Crippen LogP contribution in [-0.2, 0) is 0 Å². The lowest BCUT2D eigenvalue weighted by atomic mass is 9.70. The Hall–Kier alpha value is -2.10. The fourth-order valence-corrected chi connectivity index (χ4v) is 3.84. The van der Waals surface area contributed by atoms with E-state index in [9.17, 15) is 0 Å². The summed E-state index contributed by atoms with van der Waals surface area (Å²) in [7, 11) is 0. The van der Waals surface area contributed by atoms with E-state index in [0.29, 0.717) is 29.5 Å². The Labute approximate surface area is 157 Å². The van der Waals surface area contributed by atoms with Gasteiger partial charge >= 0.3 is 0 Å². The van der Waals surface area contributed by atoms with Crippen molar-refractivity contribution in [2.45, 2.75) is 52.4 Å². The first-order valence-electron chi connectivity index (χ1n) is 9.85. The number of aromatic nitrogens is 2. The maximum Gasteiger partial charge on any atom is 0.128 e. The van der Waals surface area contributed by atoms with Gasteiger partial charge in [0.05, 0.1) is 0 Å². The van der Waals surface area contributed by atoms with E-state index in [1.807, 2.05) is 12.3 Å². The fraction of sp³-hybridized carbons (Fsp3) is 0.545. The van der Waals surface area contributed by atoms with Crippen LogP contribution >= 0.6 is 0 Å². The van der Waals surface area contributed by atoms with Gasteiger partial charge in [-0.2, -0.15) is 0 Å². The molecule has 140 valence electrons. The molecule has 26 heavy (non-hydrogen) atoms. The van der Waals surface area contributed by atoms with Crippen molar-refractivity contribution in [3.05, 3.63) is 47.8 Å². The van der Waals surface area contributed by atoms with Gasteiger partial charge in [0.15, 0.2) is 0 Å². The van der Waals surface area contributed by atoms with Crippen LogP contribution in [0.3, 0.4) is 0 Å². The van der Waals surface area contributed by atoms with Crippen LogP contribution in [0.5, 0.6) is 0 Å². The molecule has 4 heteroatoms. The third-order valence-electron chi connectivity index (χ3n) is 5.08. The highest BCUT2D eigenvalue weighted by molar-refractivity contribution is 5.41. The van der Waals surface area contributed by atoms with E-state index < -0.39 is 0 Å². The Bertz CT molecular complexity index is 710. The molecule has 1 aliphatic carbocycles. The van der Waals surface area contributed by atoms with Gasteiger partial charge in [-0.15, -0.1) is 0 Å². The van der Waals surface area contributed by atoms with E-state index in [1.54, 1.807) is 0 Å². The third kappa shape index (κ3) is 4.54. The summed E-state index contributed by atoms with van der Waals surface area (Å²) in [5.74, 6) is 4.13. The van der Waals surface area contributed by atoms with Crippen LogP contribution in [0, 0.1) is 11.8 Å². The van der Waals surface area contributed by atoms with Gasteiger partial charge in [-0.05, 0) is 60.4 Å². The van der Waals surface area contributed by atoms with Crippen molar-refractivity contribution >= 4 is 11.6 Å². The molecular weight excluding hydrogens is 320 g/mol. The van der Waals surface area contributed by atoms with Gasteiger partial charge in [0.2, 0.25) is 0 Å². The molecule has 0 aliphatic heterocycles. The lowest BCUT2D eigenvalue weighted by molar-refractivity contribution is 0.345. The number of rotatable bonds is 7. The van der Waals surface area contributed by atoms with Crippen molar-refractivity contribution < 1.29 is 0 Å². The SMILES string of the molecule is CC(C)CN(CC(C)C)c1cccc(C2CC(c3ccnc(N)c3)C2)n1. The molecule has 0 aromatic carbocycles. The second-order valence-electron chi connectivity index (χ2n) is 8.49. The average molecular weight is 353 g/mol. The van der Waals surface area contributed by atoms with E-state index in [1.165, 1.54) is 11.3 Å². The first kappa shape index (κ1) is 18.7. The van der Waals surface area contributed by atoms with Gasteiger partial charge in [0.25, 0.3) is 0 Å². The summed E-state index contributed by atoms with van der Waals surface area (Å²) in [6, 6.07) is 10.6. The van der Waals surface area contributed by atoms with Crippen LogP contribution < -0.4 is 10.6 Å². The Morgan fingerprint density at radius 1 is 1.04 bits per heavy atom. The van der Waals surface area contributed by atoms with Gasteiger partial charge in [-0.25, -0.2) is 9.97 Å².